The number of hydrogen-bond donors (Lipinski definition) is 2. The summed E-state index contributed by atoms with van der Waals surface area (Å²) in [7, 11) is 1.57. The van der Waals surface area contributed by atoms with Crippen LogP contribution in [0, 0.1) is 6.92 Å². The molecule has 0 aromatic heterocycles. The number of anilines is 2. The smallest absolute Gasteiger partial charge is 0.262 e. The van der Waals surface area contributed by atoms with Gasteiger partial charge in [0, 0.05) is 17.2 Å². The fraction of sp³-hybridized carbons (Fsp3) is 0.263. The molecule has 0 bridgehead atoms. The number of aryl methyl sites for hydroxylation is 1. The Hall–Kier alpha value is -2.54. The van der Waals surface area contributed by atoms with Crippen LogP contribution in [0.5, 0.6) is 5.75 Å². The highest BCUT2D eigenvalue weighted by molar-refractivity contribution is 9.10. The van der Waals surface area contributed by atoms with Crippen molar-refractivity contribution in [3.63, 3.8) is 0 Å². The highest BCUT2D eigenvalue weighted by Crippen LogP contribution is 2.33. The summed E-state index contributed by atoms with van der Waals surface area (Å²) in [5.41, 5.74) is 2.58. The van der Waals surface area contributed by atoms with Crippen LogP contribution in [0.3, 0.4) is 0 Å². The number of likely N-dealkylation sites (N-methyl/N-ethyl adjacent to an activating group) is 1. The third-order valence-corrected chi connectivity index (χ3v) is 5.07. The maximum absolute atomic E-state index is 12.5. The van der Waals surface area contributed by atoms with Gasteiger partial charge in [-0.05, 0) is 42.8 Å². The zero-order valence-corrected chi connectivity index (χ0v) is 16.2. The molecule has 0 fully saturated rings. The molecule has 1 heterocycles. The van der Waals surface area contributed by atoms with Gasteiger partial charge in [-0.15, -0.1) is 0 Å². The van der Waals surface area contributed by atoms with Gasteiger partial charge in [-0.25, -0.2) is 0 Å². The van der Waals surface area contributed by atoms with Crippen LogP contribution in [0.2, 0.25) is 0 Å². The van der Waals surface area contributed by atoms with Gasteiger partial charge < -0.3 is 20.3 Å². The first-order valence-electron chi connectivity index (χ1n) is 8.26. The lowest BCUT2D eigenvalue weighted by Crippen LogP contribution is -2.50. The number of nitrogens with zero attached hydrogens (tertiary/aromatic N) is 1. The molecule has 1 aliphatic heterocycles. The second-order valence-corrected chi connectivity index (χ2v) is 6.94. The van der Waals surface area contributed by atoms with E-state index < -0.39 is 6.10 Å². The minimum Gasteiger partial charge on any atom is -0.477 e. The van der Waals surface area contributed by atoms with Crippen molar-refractivity contribution in [2.24, 2.45) is 0 Å². The van der Waals surface area contributed by atoms with Crippen molar-refractivity contribution >= 4 is 39.1 Å². The van der Waals surface area contributed by atoms with Crippen LogP contribution in [0.15, 0.2) is 46.9 Å². The van der Waals surface area contributed by atoms with E-state index in [1.807, 2.05) is 48.2 Å². The quantitative estimate of drug-likeness (QED) is 0.801. The van der Waals surface area contributed by atoms with Crippen molar-refractivity contribution in [3.8, 4) is 5.75 Å². The fourth-order valence-corrected chi connectivity index (χ4v) is 3.10. The molecule has 2 amide bonds. The summed E-state index contributed by atoms with van der Waals surface area (Å²) < 4.78 is 6.74. The van der Waals surface area contributed by atoms with Gasteiger partial charge in [0.2, 0.25) is 5.91 Å². The highest BCUT2D eigenvalue weighted by atomic mass is 79.9. The van der Waals surface area contributed by atoms with E-state index in [0.717, 1.165) is 21.4 Å². The number of benzene rings is 2. The maximum atomic E-state index is 12.5. The van der Waals surface area contributed by atoms with Gasteiger partial charge in [0.15, 0.2) is 6.10 Å². The Bertz CT molecular complexity index is 841. The molecule has 0 saturated carbocycles. The molecule has 1 atom stereocenters. The third-order valence-electron chi connectivity index (χ3n) is 4.18. The standard InChI is InChI=1S/C19H20BrN3O3/c1-12-9-13(7-8-14(12)20)22-18(24)11-23-10-17(19(25)21-2)26-16-6-4-3-5-15(16)23/h3-9,17H,10-11H2,1-2H3,(H,21,25)(H,22,24)/t17-/m1/s1. The summed E-state index contributed by atoms with van der Waals surface area (Å²) in [4.78, 5) is 26.4. The summed E-state index contributed by atoms with van der Waals surface area (Å²) in [6, 6.07) is 13.0. The monoisotopic (exact) mass is 417 g/mol. The Kier molecular flexibility index (Phi) is 5.46. The molecule has 26 heavy (non-hydrogen) atoms. The van der Waals surface area contributed by atoms with Crippen molar-refractivity contribution in [1.82, 2.24) is 5.32 Å². The molecule has 2 aromatic rings. The minimum atomic E-state index is -0.655. The molecule has 6 nitrogen and oxygen atoms in total. The second kappa shape index (κ2) is 7.78. The Morgan fingerprint density at radius 1 is 1.27 bits per heavy atom. The highest BCUT2D eigenvalue weighted by Gasteiger charge is 2.30. The molecule has 0 radical (unpaired) electrons. The SMILES string of the molecule is CNC(=O)[C@H]1CN(CC(=O)Nc2ccc(Br)c(C)c2)c2ccccc2O1. The van der Waals surface area contributed by atoms with E-state index in [-0.39, 0.29) is 18.4 Å². The Balaban J connectivity index is 1.75. The number of carbonyl (C=O) groups excluding carboxylic acids is 2. The molecule has 0 saturated heterocycles. The van der Waals surface area contributed by atoms with Gasteiger partial charge in [-0.3, -0.25) is 9.59 Å². The van der Waals surface area contributed by atoms with E-state index >= 15 is 0 Å². The Morgan fingerprint density at radius 3 is 2.77 bits per heavy atom. The molecule has 7 heteroatoms. The molecule has 2 aromatic carbocycles. The van der Waals surface area contributed by atoms with Crippen LogP contribution in [-0.4, -0.2) is 38.1 Å². The fourth-order valence-electron chi connectivity index (χ4n) is 2.85. The number of amides is 2. The topological polar surface area (TPSA) is 70.7 Å². The minimum absolute atomic E-state index is 0.128. The van der Waals surface area contributed by atoms with Crippen LogP contribution in [0.1, 0.15) is 5.56 Å². The predicted octanol–water partition coefficient (Wildman–Crippen LogP) is 2.71. The summed E-state index contributed by atoms with van der Waals surface area (Å²) in [5.74, 6) is 0.229. The first-order chi connectivity index (χ1) is 12.5. The molecule has 136 valence electrons. The lowest BCUT2D eigenvalue weighted by Gasteiger charge is -2.35. The zero-order valence-electron chi connectivity index (χ0n) is 14.6. The Morgan fingerprint density at radius 2 is 2.04 bits per heavy atom. The average Bonchev–Trinajstić information content (AvgIpc) is 2.64. The molecule has 3 rings (SSSR count). The summed E-state index contributed by atoms with van der Waals surface area (Å²) in [5, 5.41) is 5.50. The maximum Gasteiger partial charge on any atom is 0.262 e. The van der Waals surface area contributed by atoms with Gasteiger partial charge in [-0.2, -0.15) is 0 Å². The molecule has 0 aliphatic carbocycles. The van der Waals surface area contributed by atoms with Crippen LogP contribution in [-0.2, 0) is 9.59 Å². The van der Waals surface area contributed by atoms with Gasteiger partial charge >= 0.3 is 0 Å². The van der Waals surface area contributed by atoms with Gasteiger partial charge in [0.1, 0.15) is 5.75 Å². The number of carbonyl (C=O) groups is 2. The number of fused-ring (bicyclic) bond motifs is 1. The van der Waals surface area contributed by atoms with Crippen molar-refractivity contribution in [1.29, 1.82) is 0 Å². The van der Waals surface area contributed by atoms with Gasteiger partial charge in [0.05, 0.1) is 18.8 Å². The van der Waals surface area contributed by atoms with Crippen molar-refractivity contribution < 1.29 is 14.3 Å². The van der Waals surface area contributed by atoms with Crippen molar-refractivity contribution in [2.45, 2.75) is 13.0 Å². The lowest BCUT2D eigenvalue weighted by atomic mass is 10.1. The molecule has 0 spiro atoms. The first-order valence-corrected chi connectivity index (χ1v) is 9.05. The van der Waals surface area contributed by atoms with Crippen LogP contribution in [0.25, 0.3) is 0 Å². The van der Waals surface area contributed by atoms with E-state index in [2.05, 4.69) is 26.6 Å². The second-order valence-electron chi connectivity index (χ2n) is 6.08. The summed E-state index contributed by atoms with van der Waals surface area (Å²) >= 11 is 3.45. The van der Waals surface area contributed by atoms with E-state index in [1.54, 1.807) is 13.1 Å². The molecular formula is C19H20BrN3O3. The van der Waals surface area contributed by atoms with Gasteiger partial charge in [-0.1, -0.05) is 28.1 Å². The normalized spacial score (nSPS) is 15.7. The number of nitrogens with one attached hydrogen (secondary N) is 2. The summed E-state index contributed by atoms with van der Waals surface area (Å²) in [6.45, 7) is 2.40. The number of ether oxygens (including phenoxy) is 1. The van der Waals surface area contributed by atoms with Crippen LogP contribution in [0.4, 0.5) is 11.4 Å². The van der Waals surface area contributed by atoms with Gasteiger partial charge in [0.25, 0.3) is 5.91 Å². The molecule has 0 unspecified atom stereocenters. The predicted molar refractivity (Wildman–Crippen MR) is 105 cm³/mol. The third kappa shape index (κ3) is 3.99. The lowest BCUT2D eigenvalue weighted by molar-refractivity contribution is -0.127. The van der Waals surface area contributed by atoms with E-state index in [1.165, 1.54) is 0 Å². The first kappa shape index (κ1) is 18.3. The van der Waals surface area contributed by atoms with Crippen LogP contribution >= 0.6 is 15.9 Å². The van der Waals surface area contributed by atoms with Crippen molar-refractivity contribution in [2.75, 3.05) is 30.4 Å². The molecule has 1 aliphatic rings. The largest absolute Gasteiger partial charge is 0.477 e. The molecular weight excluding hydrogens is 398 g/mol. The van der Waals surface area contributed by atoms with Crippen molar-refractivity contribution in [3.05, 3.63) is 52.5 Å². The zero-order chi connectivity index (χ0) is 18.7. The van der Waals surface area contributed by atoms with E-state index in [4.69, 9.17) is 4.74 Å². The van der Waals surface area contributed by atoms with E-state index in [0.29, 0.717) is 12.3 Å². The number of halogens is 1. The van der Waals surface area contributed by atoms with E-state index in [9.17, 15) is 9.59 Å². The average molecular weight is 418 g/mol. The number of rotatable bonds is 4. The number of para-hydroxylation sites is 2. The van der Waals surface area contributed by atoms with Crippen LogP contribution < -0.4 is 20.3 Å². The summed E-state index contributed by atoms with van der Waals surface area (Å²) in [6.07, 6.45) is -0.655. The molecule has 2 N–H and O–H groups in total. The Labute approximate surface area is 160 Å². The number of hydrogen-bond acceptors (Lipinski definition) is 4.